The van der Waals surface area contributed by atoms with Crippen molar-refractivity contribution >= 4 is 5.96 Å². The van der Waals surface area contributed by atoms with Gasteiger partial charge in [-0.15, -0.1) is 0 Å². The van der Waals surface area contributed by atoms with Crippen LogP contribution in [0.4, 0.5) is 0 Å². The van der Waals surface area contributed by atoms with Gasteiger partial charge in [0.15, 0.2) is 5.96 Å². The van der Waals surface area contributed by atoms with Gasteiger partial charge in [-0.25, -0.2) is 0 Å². The maximum atomic E-state index is 5.18. The van der Waals surface area contributed by atoms with Crippen LogP contribution in [0.3, 0.4) is 0 Å². The van der Waals surface area contributed by atoms with Gasteiger partial charge >= 0.3 is 0 Å². The van der Waals surface area contributed by atoms with Gasteiger partial charge in [0.1, 0.15) is 0 Å². The van der Waals surface area contributed by atoms with Crippen molar-refractivity contribution in [1.29, 1.82) is 0 Å². The fraction of sp³-hybridized carbons (Fsp3) is 0.947. The molecule has 2 aliphatic heterocycles. The molecule has 0 unspecified atom stereocenters. The lowest BCUT2D eigenvalue weighted by molar-refractivity contribution is 0.121. The lowest BCUT2D eigenvalue weighted by Gasteiger charge is -2.31. The molecule has 0 aromatic heterocycles. The Bertz CT molecular complexity index is 363. The maximum absolute atomic E-state index is 5.18. The molecule has 0 spiro atoms. The highest BCUT2D eigenvalue weighted by Gasteiger charge is 2.18. The van der Waals surface area contributed by atoms with E-state index in [9.17, 15) is 0 Å². The highest BCUT2D eigenvalue weighted by atomic mass is 16.5. The first kappa shape index (κ1) is 20.5. The molecule has 0 aliphatic carbocycles. The van der Waals surface area contributed by atoms with Crippen molar-refractivity contribution in [1.82, 2.24) is 20.4 Å². The van der Waals surface area contributed by atoms with Gasteiger partial charge in [0.05, 0.1) is 6.61 Å². The van der Waals surface area contributed by atoms with E-state index in [4.69, 9.17) is 9.73 Å². The summed E-state index contributed by atoms with van der Waals surface area (Å²) in [6, 6.07) is 0. The van der Waals surface area contributed by atoms with Gasteiger partial charge < -0.3 is 25.2 Å². The quantitative estimate of drug-likeness (QED) is 0.485. The highest BCUT2D eigenvalue weighted by molar-refractivity contribution is 5.79. The molecule has 2 heterocycles. The van der Waals surface area contributed by atoms with Crippen LogP contribution in [-0.4, -0.2) is 88.4 Å². The Balaban J connectivity index is 1.64. The lowest BCUT2D eigenvalue weighted by Crippen LogP contribution is -2.43. The first-order valence-electron chi connectivity index (χ1n) is 10.3. The first-order valence-corrected chi connectivity index (χ1v) is 10.3. The van der Waals surface area contributed by atoms with Crippen molar-refractivity contribution in [2.75, 3.05) is 72.6 Å². The van der Waals surface area contributed by atoms with E-state index in [2.05, 4.69) is 27.4 Å². The largest absolute Gasteiger partial charge is 0.383 e. The Morgan fingerprint density at radius 1 is 1.00 bits per heavy atom. The van der Waals surface area contributed by atoms with Crippen molar-refractivity contribution < 1.29 is 4.74 Å². The van der Waals surface area contributed by atoms with Gasteiger partial charge in [-0.2, -0.15) is 0 Å². The fourth-order valence-corrected chi connectivity index (χ4v) is 3.69. The first-order chi connectivity index (χ1) is 12.3. The predicted octanol–water partition coefficient (Wildman–Crippen LogP) is 1.39. The normalized spacial score (nSPS) is 21.4. The minimum Gasteiger partial charge on any atom is -0.383 e. The standard InChI is InChI=1S/C19H39N5O/c1-3-20-19(21-9-14-23-10-5-4-6-11-23)22-17-18-7-12-24(13-8-18)15-16-25-2/h18H,3-17H2,1-2H3,(H2,20,21,22). The highest BCUT2D eigenvalue weighted by Crippen LogP contribution is 2.17. The SMILES string of the molecule is CCNC(=NCC1CCN(CCOC)CC1)NCCN1CCCCC1. The molecule has 2 N–H and O–H groups in total. The van der Waals surface area contributed by atoms with Crippen molar-refractivity contribution in [3.8, 4) is 0 Å². The van der Waals surface area contributed by atoms with Crippen molar-refractivity contribution in [3.05, 3.63) is 0 Å². The zero-order valence-electron chi connectivity index (χ0n) is 16.4. The number of nitrogens with zero attached hydrogens (tertiary/aromatic N) is 3. The molecule has 6 nitrogen and oxygen atoms in total. The third-order valence-electron chi connectivity index (χ3n) is 5.34. The lowest BCUT2D eigenvalue weighted by atomic mass is 9.97. The van der Waals surface area contributed by atoms with E-state index < -0.39 is 0 Å². The molecular formula is C19H39N5O. The van der Waals surface area contributed by atoms with Gasteiger partial charge in [-0.05, 0) is 64.7 Å². The Morgan fingerprint density at radius 2 is 1.72 bits per heavy atom. The summed E-state index contributed by atoms with van der Waals surface area (Å²) >= 11 is 0. The summed E-state index contributed by atoms with van der Waals surface area (Å²) in [7, 11) is 1.78. The minimum absolute atomic E-state index is 0.719. The summed E-state index contributed by atoms with van der Waals surface area (Å²) in [5, 5.41) is 6.90. The van der Waals surface area contributed by atoms with E-state index in [1.54, 1.807) is 7.11 Å². The molecule has 0 saturated carbocycles. The number of aliphatic imine (C=N–C) groups is 1. The van der Waals surface area contributed by atoms with Gasteiger partial charge in [-0.1, -0.05) is 6.42 Å². The van der Waals surface area contributed by atoms with Crippen LogP contribution in [0.25, 0.3) is 0 Å². The molecule has 2 saturated heterocycles. The molecule has 2 rings (SSSR count). The Hall–Kier alpha value is -0.850. The van der Waals surface area contributed by atoms with E-state index in [0.717, 1.165) is 51.2 Å². The van der Waals surface area contributed by atoms with E-state index in [0.29, 0.717) is 0 Å². The summed E-state index contributed by atoms with van der Waals surface area (Å²) in [5.74, 6) is 1.71. The number of guanidine groups is 1. The molecule has 25 heavy (non-hydrogen) atoms. The number of nitrogens with one attached hydrogen (secondary N) is 2. The minimum atomic E-state index is 0.719. The van der Waals surface area contributed by atoms with Crippen LogP contribution in [0.5, 0.6) is 0 Å². The maximum Gasteiger partial charge on any atom is 0.191 e. The molecule has 0 aromatic rings. The molecule has 0 atom stereocenters. The number of likely N-dealkylation sites (tertiary alicyclic amines) is 2. The smallest absolute Gasteiger partial charge is 0.191 e. The summed E-state index contributed by atoms with van der Waals surface area (Å²) in [4.78, 5) is 9.91. The zero-order valence-corrected chi connectivity index (χ0v) is 16.4. The number of hydrogen-bond acceptors (Lipinski definition) is 4. The van der Waals surface area contributed by atoms with E-state index in [-0.39, 0.29) is 0 Å². The predicted molar refractivity (Wildman–Crippen MR) is 105 cm³/mol. The van der Waals surface area contributed by atoms with Crippen LogP contribution < -0.4 is 10.6 Å². The summed E-state index contributed by atoms with van der Waals surface area (Å²) in [6.45, 7) is 12.9. The van der Waals surface area contributed by atoms with Crippen LogP contribution in [0.1, 0.15) is 39.0 Å². The van der Waals surface area contributed by atoms with E-state index in [1.165, 1.54) is 58.3 Å². The fourth-order valence-electron chi connectivity index (χ4n) is 3.69. The van der Waals surface area contributed by atoms with E-state index >= 15 is 0 Å². The molecular weight excluding hydrogens is 314 g/mol. The molecule has 0 amide bonds. The molecule has 146 valence electrons. The number of ether oxygens (including phenoxy) is 1. The summed E-state index contributed by atoms with van der Waals surface area (Å²) in [6.07, 6.45) is 6.62. The Morgan fingerprint density at radius 3 is 2.40 bits per heavy atom. The molecule has 2 fully saturated rings. The Kier molecular flexibility index (Phi) is 10.2. The molecule has 6 heteroatoms. The number of rotatable bonds is 9. The van der Waals surface area contributed by atoms with Crippen LogP contribution >= 0.6 is 0 Å². The molecule has 0 radical (unpaired) electrons. The van der Waals surface area contributed by atoms with Crippen molar-refractivity contribution in [2.45, 2.75) is 39.0 Å². The summed E-state index contributed by atoms with van der Waals surface area (Å²) in [5.41, 5.74) is 0. The van der Waals surface area contributed by atoms with Gasteiger partial charge in [0.2, 0.25) is 0 Å². The monoisotopic (exact) mass is 353 g/mol. The number of piperidine rings is 2. The molecule has 0 aromatic carbocycles. The Labute approximate surface area is 154 Å². The van der Waals surface area contributed by atoms with Gasteiger partial charge in [-0.3, -0.25) is 4.99 Å². The van der Waals surface area contributed by atoms with Crippen LogP contribution in [0, 0.1) is 5.92 Å². The average molecular weight is 354 g/mol. The average Bonchev–Trinajstić information content (AvgIpc) is 2.66. The topological polar surface area (TPSA) is 52.1 Å². The zero-order chi connectivity index (χ0) is 17.7. The van der Waals surface area contributed by atoms with Crippen molar-refractivity contribution in [2.24, 2.45) is 10.9 Å². The van der Waals surface area contributed by atoms with Crippen LogP contribution in [-0.2, 0) is 4.74 Å². The van der Waals surface area contributed by atoms with Gasteiger partial charge in [0, 0.05) is 39.8 Å². The molecule has 0 bridgehead atoms. The second-order valence-electron chi connectivity index (χ2n) is 7.33. The third-order valence-corrected chi connectivity index (χ3v) is 5.34. The van der Waals surface area contributed by atoms with Crippen LogP contribution in [0.2, 0.25) is 0 Å². The van der Waals surface area contributed by atoms with E-state index in [1.807, 2.05) is 0 Å². The summed E-state index contributed by atoms with van der Waals surface area (Å²) < 4.78 is 5.18. The second kappa shape index (κ2) is 12.5. The second-order valence-corrected chi connectivity index (χ2v) is 7.33. The number of hydrogen-bond donors (Lipinski definition) is 2. The van der Waals surface area contributed by atoms with Crippen molar-refractivity contribution in [3.63, 3.8) is 0 Å². The van der Waals surface area contributed by atoms with Crippen LogP contribution in [0.15, 0.2) is 4.99 Å². The molecule has 2 aliphatic rings. The number of methoxy groups -OCH3 is 1. The third kappa shape index (κ3) is 8.38. The van der Waals surface area contributed by atoms with Gasteiger partial charge in [0.25, 0.3) is 0 Å².